The molecule has 1 aromatic carbocycles. The lowest BCUT2D eigenvalue weighted by molar-refractivity contribution is -0.143. The van der Waals surface area contributed by atoms with E-state index in [1.807, 2.05) is 0 Å². The molecular weight excluding hydrogens is 778 g/mol. The Morgan fingerprint density at radius 1 is 0.929 bits per heavy atom. The molecule has 17 nitrogen and oxygen atoms in total. The first kappa shape index (κ1) is 46.2. The average Bonchev–Trinajstić information content (AvgIpc) is 3.34. The topological polar surface area (TPSA) is 200 Å². The number of anilines is 1. The summed E-state index contributed by atoms with van der Waals surface area (Å²) in [5.74, 6) is -1.56. The summed E-state index contributed by atoms with van der Waals surface area (Å²) in [7, 11) is -3.32. The van der Waals surface area contributed by atoms with Crippen molar-refractivity contribution >= 4 is 49.6 Å². The van der Waals surface area contributed by atoms with Crippen LogP contribution in [0.2, 0.25) is 0 Å². The van der Waals surface area contributed by atoms with Crippen LogP contribution in [0.5, 0.6) is 5.75 Å². The highest BCUT2D eigenvalue weighted by Crippen LogP contribution is 2.50. The Bertz CT molecular complexity index is 1780. The van der Waals surface area contributed by atoms with Crippen molar-refractivity contribution in [3.8, 4) is 5.75 Å². The number of carbonyl (C=O) groups is 4. The molecule has 3 rings (SSSR count). The molecule has 0 bridgehead atoms. The molecule has 20 heteroatoms. The molecule has 1 saturated heterocycles. The Morgan fingerprint density at radius 3 is 1.96 bits per heavy atom. The van der Waals surface area contributed by atoms with Crippen LogP contribution < -0.4 is 20.2 Å². The van der Waals surface area contributed by atoms with Gasteiger partial charge in [0, 0.05) is 6.20 Å². The first-order valence-electron chi connectivity index (χ1n) is 17.6. The van der Waals surface area contributed by atoms with E-state index in [2.05, 4.69) is 10.1 Å². The fourth-order valence-corrected chi connectivity index (χ4v) is 8.07. The highest BCUT2D eigenvalue weighted by molar-refractivity contribution is 8.00. The van der Waals surface area contributed by atoms with Gasteiger partial charge in [-0.25, -0.2) is 28.1 Å². The number of benzene rings is 1. The number of hydrogen-bond acceptors (Lipinski definition) is 15. The number of imide groups is 1. The second-order valence-electron chi connectivity index (χ2n) is 15.9. The van der Waals surface area contributed by atoms with E-state index in [0.29, 0.717) is 4.90 Å². The third-order valence-corrected chi connectivity index (χ3v) is 10.2. The van der Waals surface area contributed by atoms with Crippen LogP contribution in [-0.4, -0.2) is 87.9 Å². The molecule has 1 N–H and O–H groups in total. The predicted molar refractivity (Wildman–Crippen MR) is 204 cm³/mol. The number of hydrogen-bond donors (Lipinski definition) is 1. The molecule has 0 spiro atoms. The highest BCUT2D eigenvalue weighted by Gasteiger charge is 2.50. The van der Waals surface area contributed by atoms with Gasteiger partial charge in [0.25, 0.3) is 0 Å². The van der Waals surface area contributed by atoms with E-state index >= 15 is 4.39 Å². The minimum absolute atomic E-state index is 0.113. The van der Waals surface area contributed by atoms with E-state index in [4.69, 9.17) is 32.7 Å². The summed E-state index contributed by atoms with van der Waals surface area (Å²) in [6.45, 7) is 16.9. The molecule has 2 amide bonds. The van der Waals surface area contributed by atoms with E-state index in [9.17, 15) is 28.5 Å². The normalized spacial score (nSPS) is 20.3. The Kier molecular flexibility index (Phi) is 15.2. The van der Waals surface area contributed by atoms with Gasteiger partial charge in [-0.05, 0) is 86.4 Å². The molecule has 1 aliphatic rings. The number of ether oxygens (including phenoxy) is 5. The molecule has 1 aliphatic heterocycles. The minimum Gasteiger partial charge on any atom is -0.468 e. The van der Waals surface area contributed by atoms with E-state index in [1.54, 1.807) is 94.4 Å². The smallest absolute Gasteiger partial charge is 0.468 e. The maximum atomic E-state index is 16.6. The molecule has 2 aromatic rings. The first-order valence-corrected chi connectivity index (χ1v) is 20.1. The van der Waals surface area contributed by atoms with Crippen LogP contribution in [0.25, 0.3) is 0 Å². The van der Waals surface area contributed by atoms with Crippen LogP contribution in [0.1, 0.15) is 81.5 Å². The number of amides is 2. The summed E-state index contributed by atoms with van der Waals surface area (Å²) in [5.41, 5.74) is -4.21. The molecule has 312 valence electrons. The van der Waals surface area contributed by atoms with Gasteiger partial charge in [0.15, 0.2) is 18.1 Å². The van der Waals surface area contributed by atoms with Crippen molar-refractivity contribution in [2.24, 2.45) is 5.92 Å². The molecule has 6 atom stereocenters. The van der Waals surface area contributed by atoms with E-state index in [-0.39, 0.29) is 5.75 Å². The largest absolute Gasteiger partial charge is 0.509 e. The Morgan fingerprint density at radius 2 is 1.48 bits per heavy atom. The van der Waals surface area contributed by atoms with Gasteiger partial charge in [-0.15, -0.1) is 11.8 Å². The number of rotatable bonds is 12. The number of nitrogens with one attached hydrogen (secondary N) is 1. The summed E-state index contributed by atoms with van der Waals surface area (Å²) in [6, 6.07) is 7.89. The summed E-state index contributed by atoms with van der Waals surface area (Å²) in [5, 5.41) is 0.0121. The number of para-hydroxylation sites is 1. The van der Waals surface area contributed by atoms with Crippen LogP contribution in [0.15, 0.2) is 47.4 Å². The van der Waals surface area contributed by atoms with Gasteiger partial charge >= 0.3 is 37.7 Å². The van der Waals surface area contributed by atoms with Crippen LogP contribution in [0, 0.1) is 5.92 Å². The predicted octanol–water partition coefficient (Wildman–Crippen LogP) is 7.18. The Labute approximate surface area is 329 Å². The van der Waals surface area contributed by atoms with Crippen LogP contribution in [0.4, 0.5) is 24.6 Å². The van der Waals surface area contributed by atoms with Gasteiger partial charge in [0.05, 0.1) is 19.0 Å². The molecule has 56 heavy (non-hydrogen) atoms. The highest BCUT2D eigenvalue weighted by atomic mass is 32.2. The second kappa shape index (κ2) is 18.4. The van der Waals surface area contributed by atoms with Crippen molar-refractivity contribution in [3.05, 3.63) is 53.1 Å². The monoisotopic (exact) mass is 830 g/mol. The minimum atomic E-state index is -4.49. The number of thioether (sulfide) groups is 1. The van der Waals surface area contributed by atoms with E-state index in [0.717, 1.165) is 35.7 Å². The molecule has 0 aliphatic carbocycles. The fourth-order valence-electron chi connectivity index (χ4n) is 4.83. The zero-order valence-electron chi connectivity index (χ0n) is 33.6. The second-order valence-corrected chi connectivity index (χ2v) is 19.0. The lowest BCUT2D eigenvalue weighted by atomic mass is 10.1. The Balaban J connectivity index is 2.03. The van der Waals surface area contributed by atoms with Crippen LogP contribution in [-0.2, 0) is 37.6 Å². The number of halogens is 1. The quantitative estimate of drug-likeness (QED) is 0.128. The van der Waals surface area contributed by atoms with Crippen molar-refractivity contribution in [3.63, 3.8) is 0 Å². The van der Waals surface area contributed by atoms with Gasteiger partial charge in [0.1, 0.15) is 34.0 Å². The molecule has 2 heterocycles. The van der Waals surface area contributed by atoms with Gasteiger partial charge in [-0.3, -0.25) is 13.9 Å². The molecule has 0 saturated carbocycles. The van der Waals surface area contributed by atoms with Gasteiger partial charge in [-0.1, -0.05) is 32.0 Å². The van der Waals surface area contributed by atoms with Crippen molar-refractivity contribution in [2.45, 2.75) is 122 Å². The summed E-state index contributed by atoms with van der Waals surface area (Å²) >= 11 is 0.777. The Hall–Kier alpha value is -4.19. The molecule has 1 fully saturated rings. The number of nitrogens with zero attached hydrogens (tertiary/aromatic N) is 3. The summed E-state index contributed by atoms with van der Waals surface area (Å²) in [4.78, 5) is 69.7. The number of alkyl halides is 1. The first-order chi connectivity index (χ1) is 25.7. The number of aromatic nitrogens is 2. The van der Waals surface area contributed by atoms with E-state index in [1.165, 1.54) is 12.1 Å². The average molecular weight is 831 g/mol. The summed E-state index contributed by atoms with van der Waals surface area (Å²) in [6.07, 6.45) is -6.27. The van der Waals surface area contributed by atoms with E-state index < -0.39 is 102 Å². The maximum absolute atomic E-state index is 16.6. The van der Waals surface area contributed by atoms with Gasteiger partial charge in [0.2, 0.25) is 0 Å². The number of esters is 1. The lowest BCUT2D eigenvalue weighted by Crippen LogP contribution is -2.45. The number of methoxy groups -OCH3 is 1. The molecular formula is C36H52FN4O13PS. The number of carbonyl (C=O) groups excluding carboxylic acids is 4. The third kappa shape index (κ3) is 13.5. The zero-order valence-corrected chi connectivity index (χ0v) is 35.3. The third-order valence-electron chi connectivity index (χ3n) is 7.16. The molecule has 1 aromatic heterocycles. The molecule has 1 unspecified atom stereocenters. The van der Waals surface area contributed by atoms with Crippen LogP contribution in [0.3, 0.4) is 0 Å². The van der Waals surface area contributed by atoms with Gasteiger partial charge < -0.3 is 28.2 Å². The maximum Gasteiger partial charge on any atom is 0.509 e. The lowest BCUT2D eigenvalue weighted by Gasteiger charge is -2.28. The zero-order chi connectivity index (χ0) is 42.4. The van der Waals surface area contributed by atoms with Crippen molar-refractivity contribution in [1.29, 1.82) is 0 Å². The SMILES string of the molecule is COC(=O)[C@@H](NP(=O)(OC[C@H]1S[C@@H](n2ccc(N(C(=O)OC(C)(C)C)C(=O)OC(C)(C)C)nc2=O)[C@@H](F)[C@@H]1OC(=O)OC(C)(C)C)Oc1ccccc1)C(C)C. The van der Waals surface area contributed by atoms with Crippen molar-refractivity contribution in [2.75, 3.05) is 18.6 Å². The van der Waals surface area contributed by atoms with Crippen molar-refractivity contribution < 1.29 is 60.9 Å². The van der Waals surface area contributed by atoms with Crippen LogP contribution >= 0.6 is 19.5 Å². The molecule has 0 radical (unpaired) electrons. The summed E-state index contributed by atoms with van der Waals surface area (Å²) < 4.78 is 69.6. The van der Waals surface area contributed by atoms with Crippen molar-refractivity contribution in [1.82, 2.24) is 14.6 Å². The van der Waals surface area contributed by atoms with Gasteiger partial charge in [-0.2, -0.15) is 15.0 Å². The standard InChI is InChI=1S/C36H52FN4O13PS/c1-21(2)26(29(42)48-12)39-55(47,54-22-16-14-13-15-17-22)49-20-23-27(50-33(46)53-36(9,10)11)25(37)28(56-23)40-19-18-24(38-30(40)43)41(31(44)51-34(3,4)5)32(45)52-35(6,7)8/h13-19,21,23,25-28H,20H2,1-12H3,(H,39,47)/t23-,25+,26+,27-,28-,55?/m1/s1. The fraction of sp³-hybridized carbons (Fsp3) is 0.611.